The Morgan fingerprint density at radius 3 is 2.89 bits per heavy atom. The molecule has 0 amide bonds. The van der Waals surface area contributed by atoms with Gasteiger partial charge in [0.15, 0.2) is 5.16 Å². The van der Waals surface area contributed by atoms with Crippen LogP contribution in [0.2, 0.25) is 5.02 Å². The van der Waals surface area contributed by atoms with Crippen molar-refractivity contribution in [2.24, 2.45) is 7.05 Å². The Kier molecular flexibility index (Phi) is 3.91. The van der Waals surface area contributed by atoms with Crippen molar-refractivity contribution >= 4 is 29.1 Å². The molecule has 1 aromatic carbocycles. The van der Waals surface area contributed by atoms with Gasteiger partial charge in [-0.25, -0.2) is 9.89 Å². The third kappa shape index (κ3) is 2.96. The average Bonchev–Trinajstić information content (AvgIpc) is 2.69. The van der Waals surface area contributed by atoms with E-state index in [0.29, 0.717) is 21.5 Å². The highest BCUT2D eigenvalue weighted by Gasteiger charge is 2.11. The minimum Gasteiger partial charge on any atom is -0.273 e. The number of aromatic amines is 1. The van der Waals surface area contributed by atoms with Gasteiger partial charge in [-0.05, 0) is 11.6 Å². The first-order chi connectivity index (χ1) is 8.99. The summed E-state index contributed by atoms with van der Waals surface area (Å²) in [6.45, 7) is 0. The molecule has 7 nitrogen and oxygen atoms in total. The molecular weight excluding hydrogens is 292 g/mol. The highest BCUT2D eigenvalue weighted by atomic mass is 35.5. The number of nitrogens with zero attached hydrogens (tertiary/aromatic N) is 3. The number of nitro benzene ring substituents is 1. The molecule has 9 heteroatoms. The second-order valence-electron chi connectivity index (χ2n) is 3.69. The van der Waals surface area contributed by atoms with Crippen molar-refractivity contribution in [1.82, 2.24) is 14.8 Å². The first-order valence-corrected chi connectivity index (χ1v) is 6.52. The van der Waals surface area contributed by atoms with Gasteiger partial charge in [0.1, 0.15) is 0 Å². The summed E-state index contributed by atoms with van der Waals surface area (Å²) in [4.78, 5) is 21.4. The van der Waals surface area contributed by atoms with E-state index in [1.807, 2.05) is 0 Å². The molecule has 0 unspecified atom stereocenters. The minimum atomic E-state index is -0.477. The van der Waals surface area contributed by atoms with E-state index in [2.05, 4.69) is 10.2 Å². The molecule has 0 aliphatic rings. The van der Waals surface area contributed by atoms with Crippen LogP contribution in [0.25, 0.3) is 0 Å². The van der Waals surface area contributed by atoms with E-state index in [-0.39, 0.29) is 11.4 Å². The summed E-state index contributed by atoms with van der Waals surface area (Å²) in [5.74, 6) is 0.388. The number of H-pyrrole nitrogens is 1. The standard InChI is InChI=1S/C10H9ClN4O3S/c1-14-9(16)12-13-10(14)19-5-6-4-7(15(17)18)2-3-8(6)11/h2-4H,5H2,1H3,(H,12,16). The van der Waals surface area contributed by atoms with Gasteiger partial charge in [0.05, 0.1) is 4.92 Å². The Bertz CT molecular complexity index is 682. The SMILES string of the molecule is Cn1c(SCc2cc([N+](=O)[O-])ccc2Cl)n[nH]c1=O. The molecule has 100 valence electrons. The van der Waals surface area contributed by atoms with Crippen LogP contribution >= 0.6 is 23.4 Å². The number of aromatic nitrogens is 3. The number of hydrogen-bond acceptors (Lipinski definition) is 5. The van der Waals surface area contributed by atoms with Gasteiger partial charge in [-0.3, -0.25) is 14.7 Å². The fraction of sp³-hybridized carbons (Fsp3) is 0.200. The summed E-state index contributed by atoms with van der Waals surface area (Å²) in [6.07, 6.45) is 0. The molecule has 0 fully saturated rings. The Morgan fingerprint density at radius 1 is 1.58 bits per heavy atom. The van der Waals surface area contributed by atoms with Gasteiger partial charge in [0.25, 0.3) is 5.69 Å². The fourth-order valence-corrected chi connectivity index (χ4v) is 2.56. The van der Waals surface area contributed by atoms with Gasteiger partial charge in [-0.15, -0.1) is 5.10 Å². The predicted octanol–water partition coefficient (Wildman–Crippen LogP) is 1.96. The largest absolute Gasteiger partial charge is 0.343 e. The number of halogens is 1. The zero-order valence-corrected chi connectivity index (χ0v) is 11.4. The molecule has 1 N–H and O–H groups in total. The molecule has 0 saturated carbocycles. The maximum atomic E-state index is 11.2. The van der Waals surface area contributed by atoms with Crippen molar-refractivity contribution in [3.63, 3.8) is 0 Å². The van der Waals surface area contributed by atoms with Crippen LogP contribution in [0.3, 0.4) is 0 Å². The number of thioether (sulfide) groups is 1. The van der Waals surface area contributed by atoms with Gasteiger partial charge in [-0.1, -0.05) is 23.4 Å². The molecule has 0 radical (unpaired) electrons. The number of non-ortho nitro benzene ring substituents is 1. The lowest BCUT2D eigenvalue weighted by molar-refractivity contribution is -0.384. The van der Waals surface area contributed by atoms with Crippen LogP contribution in [-0.4, -0.2) is 19.7 Å². The van der Waals surface area contributed by atoms with Crippen molar-refractivity contribution in [3.8, 4) is 0 Å². The molecule has 0 spiro atoms. The van der Waals surface area contributed by atoms with Gasteiger partial charge in [0.2, 0.25) is 0 Å². The van der Waals surface area contributed by atoms with Crippen LogP contribution < -0.4 is 5.69 Å². The van der Waals surface area contributed by atoms with E-state index in [1.165, 1.54) is 34.5 Å². The number of benzene rings is 1. The highest BCUT2D eigenvalue weighted by Crippen LogP contribution is 2.27. The van der Waals surface area contributed by atoms with Crippen molar-refractivity contribution in [2.45, 2.75) is 10.9 Å². The highest BCUT2D eigenvalue weighted by molar-refractivity contribution is 7.98. The molecular formula is C10H9ClN4O3S. The smallest absolute Gasteiger partial charge is 0.273 e. The maximum absolute atomic E-state index is 11.2. The van der Waals surface area contributed by atoms with Crippen molar-refractivity contribution < 1.29 is 4.92 Å². The number of rotatable bonds is 4. The summed E-state index contributed by atoms with van der Waals surface area (Å²) < 4.78 is 1.36. The molecule has 0 aliphatic carbocycles. The van der Waals surface area contributed by atoms with Gasteiger partial charge < -0.3 is 0 Å². The van der Waals surface area contributed by atoms with E-state index in [9.17, 15) is 14.9 Å². The molecule has 0 saturated heterocycles. The Balaban J connectivity index is 2.19. The van der Waals surface area contributed by atoms with E-state index < -0.39 is 4.92 Å². The number of nitrogens with one attached hydrogen (secondary N) is 1. The molecule has 2 aromatic rings. The van der Waals surface area contributed by atoms with E-state index >= 15 is 0 Å². The van der Waals surface area contributed by atoms with E-state index in [0.717, 1.165) is 0 Å². The summed E-state index contributed by atoms with van der Waals surface area (Å²) in [7, 11) is 1.59. The average molecular weight is 301 g/mol. The Morgan fingerprint density at radius 2 is 2.32 bits per heavy atom. The maximum Gasteiger partial charge on any atom is 0.343 e. The van der Waals surface area contributed by atoms with Gasteiger partial charge in [-0.2, -0.15) is 0 Å². The van der Waals surface area contributed by atoms with Crippen LogP contribution in [0.5, 0.6) is 0 Å². The molecule has 0 bridgehead atoms. The quantitative estimate of drug-likeness (QED) is 0.529. The van der Waals surface area contributed by atoms with Gasteiger partial charge >= 0.3 is 5.69 Å². The molecule has 0 aliphatic heterocycles. The summed E-state index contributed by atoms with van der Waals surface area (Å²) in [5, 5.41) is 17.8. The second-order valence-corrected chi connectivity index (χ2v) is 5.04. The summed E-state index contributed by atoms with van der Waals surface area (Å²) >= 11 is 7.25. The minimum absolute atomic E-state index is 0.0177. The molecule has 19 heavy (non-hydrogen) atoms. The third-order valence-corrected chi connectivity index (χ3v) is 3.88. The first-order valence-electron chi connectivity index (χ1n) is 5.16. The first kappa shape index (κ1) is 13.6. The fourth-order valence-electron chi connectivity index (χ4n) is 1.39. The van der Waals surface area contributed by atoms with Gasteiger partial charge in [0, 0.05) is 30.0 Å². The second kappa shape index (κ2) is 5.45. The van der Waals surface area contributed by atoms with Crippen molar-refractivity contribution in [1.29, 1.82) is 0 Å². The topological polar surface area (TPSA) is 93.8 Å². The van der Waals surface area contributed by atoms with E-state index in [4.69, 9.17) is 11.6 Å². The van der Waals surface area contributed by atoms with E-state index in [1.54, 1.807) is 7.05 Å². The summed E-state index contributed by atoms with van der Waals surface area (Å²) in [5.41, 5.74) is 0.292. The zero-order valence-electron chi connectivity index (χ0n) is 9.79. The summed E-state index contributed by atoms with van der Waals surface area (Å²) in [6, 6.07) is 4.25. The predicted molar refractivity (Wildman–Crippen MR) is 71.5 cm³/mol. The van der Waals surface area contributed by atoms with Crippen LogP contribution in [0.4, 0.5) is 5.69 Å². The lowest BCUT2D eigenvalue weighted by atomic mass is 10.2. The molecule has 2 rings (SSSR count). The molecule has 0 atom stereocenters. The van der Waals surface area contributed by atoms with Crippen LogP contribution in [-0.2, 0) is 12.8 Å². The van der Waals surface area contributed by atoms with Crippen LogP contribution in [0.15, 0.2) is 28.2 Å². The Hall–Kier alpha value is -1.80. The number of hydrogen-bond donors (Lipinski definition) is 1. The van der Waals surface area contributed by atoms with Crippen LogP contribution in [0.1, 0.15) is 5.56 Å². The Labute approximate surface area is 116 Å². The van der Waals surface area contributed by atoms with Crippen molar-refractivity contribution in [2.75, 3.05) is 0 Å². The van der Waals surface area contributed by atoms with Crippen LogP contribution in [0, 0.1) is 10.1 Å². The zero-order chi connectivity index (χ0) is 14.0. The lowest BCUT2D eigenvalue weighted by Gasteiger charge is -2.03. The number of nitro groups is 1. The monoisotopic (exact) mass is 300 g/mol. The third-order valence-electron chi connectivity index (χ3n) is 2.44. The molecule has 1 heterocycles. The van der Waals surface area contributed by atoms with Crippen molar-refractivity contribution in [3.05, 3.63) is 49.4 Å². The lowest BCUT2D eigenvalue weighted by Crippen LogP contribution is -2.12. The molecule has 1 aromatic heterocycles. The normalized spacial score (nSPS) is 10.6.